The number of allylic oxidation sites excluding steroid dienone is 2. The Hall–Kier alpha value is -0.790. The van der Waals surface area contributed by atoms with Gasteiger partial charge >= 0.3 is 5.97 Å². The lowest BCUT2D eigenvalue weighted by atomic mass is 9.33. The number of unbranched alkanes of at least 4 members (excludes halogenated alkanes) is 12. The summed E-state index contributed by atoms with van der Waals surface area (Å²) in [5.74, 6) is 2.87. The molecule has 5 aliphatic rings. The highest BCUT2D eigenvalue weighted by atomic mass is 16.5. The summed E-state index contributed by atoms with van der Waals surface area (Å²) >= 11 is 0. The number of esters is 1. The molecule has 4 saturated carbocycles. The fourth-order valence-electron chi connectivity index (χ4n) is 13.6. The standard InChI is InChI=1S/C47H82O2/c1-11-12-13-14-15-16-17-18-19-20-21-22-23-24-40(48)49-39-28-29-45(8)37(43(39,5)6)27-30-47(10)38(45)26-25-36-41-35(2)42(3,4)31-32-44(41,7)33-34-46(36,47)9/h25,35,37-39,41H,11-24,26-34H2,1-10H3/t35-,37+,38-,39+,41-,44-,45+,46-,47-/m1/s1. The minimum absolute atomic E-state index is 0.0257. The predicted molar refractivity (Wildman–Crippen MR) is 209 cm³/mol. The maximum atomic E-state index is 13.2. The van der Waals surface area contributed by atoms with Crippen LogP contribution in [0.3, 0.4) is 0 Å². The van der Waals surface area contributed by atoms with Gasteiger partial charge in [0.05, 0.1) is 0 Å². The normalized spacial score (nSPS) is 40.7. The summed E-state index contributed by atoms with van der Waals surface area (Å²) in [7, 11) is 0. The number of ether oxygens (including phenoxy) is 1. The third-order valence-electron chi connectivity index (χ3n) is 17.6. The molecule has 0 aromatic heterocycles. The second-order valence-corrected chi connectivity index (χ2v) is 21.0. The van der Waals surface area contributed by atoms with E-state index in [9.17, 15) is 4.79 Å². The Morgan fingerprint density at radius 2 is 1.27 bits per heavy atom. The average Bonchev–Trinajstić information content (AvgIpc) is 3.04. The molecule has 0 aromatic rings. The first kappa shape index (κ1) is 39.4. The van der Waals surface area contributed by atoms with E-state index in [1.807, 2.05) is 5.57 Å². The first-order chi connectivity index (χ1) is 23.1. The van der Waals surface area contributed by atoms with Crippen molar-refractivity contribution in [2.24, 2.45) is 56.2 Å². The van der Waals surface area contributed by atoms with Gasteiger partial charge in [0.2, 0.25) is 0 Å². The average molecular weight is 679 g/mol. The lowest BCUT2D eigenvalue weighted by Gasteiger charge is -2.72. The lowest BCUT2D eigenvalue weighted by Crippen LogP contribution is -2.65. The van der Waals surface area contributed by atoms with Crippen LogP contribution < -0.4 is 0 Å². The molecular weight excluding hydrogens is 597 g/mol. The van der Waals surface area contributed by atoms with E-state index in [0.29, 0.717) is 45.3 Å². The van der Waals surface area contributed by atoms with Gasteiger partial charge in [0.15, 0.2) is 0 Å². The quantitative estimate of drug-likeness (QED) is 0.0979. The molecule has 2 heteroatoms. The zero-order chi connectivity index (χ0) is 35.7. The molecule has 4 fully saturated rings. The van der Waals surface area contributed by atoms with Crippen LogP contribution in [-0.4, -0.2) is 12.1 Å². The summed E-state index contributed by atoms with van der Waals surface area (Å²) in [5.41, 5.74) is 3.75. The van der Waals surface area contributed by atoms with E-state index in [1.165, 1.54) is 128 Å². The molecular formula is C47H82O2. The number of carbonyl (C=O) groups excluding carboxylic acids is 1. The van der Waals surface area contributed by atoms with Crippen molar-refractivity contribution in [1.82, 2.24) is 0 Å². The predicted octanol–water partition coefficient (Wildman–Crippen LogP) is 14.4. The molecule has 5 rings (SSSR count). The molecule has 0 radical (unpaired) electrons. The smallest absolute Gasteiger partial charge is 0.306 e. The lowest BCUT2D eigenvalue weighted by molar-refractivity contribution is -0.214. The molecule has 0 aliphatic heterocycles. The summed E-state index contributed by atoms with van der Waals surface area (Å²) in [6.07, 6.45) is 32.5. The summed E-state index contributed by atoms with van der Waals surface area (Å²) in [4.78, 5) is 13.2. The van der Waals surface area contributed by atoms with E-state index < -0.39 is 0 Å². The maximum Gasteiger partial charge on any atom is 0.306 e. The van der Waals surface area contributed by atoms with Crippen LogP contribution in [0.25, 0.3) is 0 Å². The SMILES string of the molecule is CCCCCCCCCCCCCCCC(=O)O[C@H]1CC[C@]2(C)[C@H]3CC=C4[C@H]5[C@@H](C)C(C)(C)CC[C@]5(C)CC[C@@]4(C)[C@]3(C)CC[C@H]2C1(C)C. The molecule has 282 valence electrons. The number of carbonyl (C=O) groups is 1. The van der Waals surface area contributed by atoms with E-state index in [1.54, 1.807) is 0 Å². The van der Waals surface area contributed by atoms with Gasteiger partial charge in [-0.2, -0.15) is 0 Å². The zero-order valence-electron chi connectivity index (χ0n) is 34.5. The van der Waals surface area contributed by atoms with E-state index in [2.05, 4.69) is 75.3 Å². The molecule has 0 amide bonds. The number of fused-ring (bicyclic) bond motifs is 7. The van der Waals surface area contributed by atoms with Crippen molar-refractivity contribution >= 4 is 5.97 Å². The maximum absolute atomic E-state index is 13.2. The van der Waals surface area contributed by atoms with Gasteiger partial charge in [0.1, 0.15) is 6.10 Å². The molecule has 5 aliphatic carbocycles. The van der Waals surface area contributed by atoms with Crippen LogP contribution >= 0.6 is 0 Å². The summed E-state index contributed by atoms with van der Waals surface area (Å²) in [5, 5.41) is 0. The van der Waals surface area contributed by atoms with E-state index >= 15 is 0 Å². The monoisotopic (exact) mass is 679 g/mol. The fourth-order valence-corrected chi connectivity index (χ4v) is 13.6. The van der Waals surface area contributed by atoms with Gasteiger partial charge in [-0.05, 0) is 115 Å². The number of hydrogen-bond acceptors (Lipinski definition) is 2. The molecule has 0 unspecified atom stereocenters. The highest BCUT2D eigenvalue weighted by Crippen LogP contribution is 2.76. The van der Waals surface area contributed by atoms with Gasteiger partial charge < -0.3 is 4.74 Å². The van der Waals surface area contributed by atoms with Crippen molar-refractivity contribution in [2.45, 2.75) is 223 Å². The van der Waals surface area contributed by atoms with Gasteiger partial charge in [-0.3, -0.25) is 4.79 Å². The Bertz CT molecular complexity index is 1150. The van der Waals surface area contributed by atoms with Gasteiger partial charge in [0, 0.05) is 11.8 Å². The van der Waals surface area contributed by atoms with Crippen LogP contribution in [0.1, 0.15) is 217 Å². The Morgan fingerprint density at radius 1 is 0.694 bits per heavy atom. The highest BCUT2D eigenvalue weighted by molar-refractivity contribution is 5.69. The Balaban J connectivity index is 1.14. The molecule has 0 aromatic carbocycles. The molecule has 0 bridgehead atoms. The number of rotatable bonds is 15. The van der Waals surface area contributed by atoms with Gasteiger partial charge in [-0.15, -0.1) is 0 Å². The van der Waals surface area contributed by atoms with E-state index in [4.69, 9.17) is 4.74 Å². The minimum Gasteiger partial charge on any atom is -0.462 e. The van der Waals surface area contributed by atoms with Gasteiger partial charge in [-0.1, -0.05) is 158 Å². The summed E-state index contributed by atoms with van der Waals surface area (Å²) in [6, 6.07) is 0. The fraction of sp³-hybridized carbons (Fsp3) is 0.936. The third kappa shape index (κ3) is 7.40. The van der Waals surface area contributed by atoms with Crippen molar-refractivity contribution in [1.29, 1.82) is 0 Å². The zero-order valence-corrected chi connectivity index (χ0v) is 34.5. The van der Waals surface area contributed by atoms with Crippen molar-refractivity contribution in [3.8, 4) is 0 Å². The van der Waals surface area contributed by atoms with Crippen molar-refractivity contribution in [2.75, 3.05) is 0 Å². The third-order valence-corrected chi connectivity index (χ3v) is 17.6. The van der Waals surface area contributed by atoms with Gasteiger partial charge in [0.25, 0.3) is 0 Å². The van der Waals surface area contributed by atoms with Crippen molar-refractivity contribution in [3.63, 3.8) is 0 Å². The van der Waals surface area contributed by atoms with E-state index in [-0.39, 0.29) is 17.5 Å². The summed E-state index contributed by atoms with van der Waals surface area (Å²) < 4.78 is 6.43. The van der Waals surface area contributed by atoms with Gasteiger partial charge in [-0.25, -0.2) is 0 Å². The summed E-state index contributed by atoms with van der Waals surface area (Å²) in [6.45, 7) is 25.7. The second-order valence-electron chi connectivity index (χ2n) is 21.0. The molecule has 0 saturated heterocycles. The van der Waals surface area contributed by atoms with Crippen LogP contribution in [0.2, 0.25) is 0 Å². The van der Waals surface area contributed by atoms with Crippen LogP contribution in [0.5, 0.6) is 0 Å². The second kappa shape index (κ2) is 15.3. The first-order valence-electron chi connectivity index (χ1n) is 22.0. The van der Waals surface area contributed by atoms with Crippen LogP contribution in [0.15, 0.2) is 11.6 Å². The Morgan fingerprint density at radius 3 is 1.88 bits per heavy atom. The Kier molecular flexibility index (Phi) is 12.3. The Labute approximate surface area is 305 Å². The van der Waals surface area contributed by atoms with Crippen LogP contribution in [-0.2, 0) is 9.53 Å². The first-order valence-corrected chi connectivity index (χ1v) is 22.0. The molecule has 49 heavy (non-hydrogen) atoms. The molecule has 0 heterocycles. The van der Waals surface area contributed by atoms with E-state index in [0.717, 1.165) is 24.7 Å². The number of hydrogen-bond donors (Lipinski definition) is 0. The minimum atomic E-state index is 0.0257. The van der Waals surface area contributed by atoms with Crippen LogP contribution in [0, 0.1) is 56.2 Å². The van der Waals surface area contributed by atoms with Crippen molar-refractivity contribution < 1.29 is 9.53 Å². The highest BCUT2D eigenvalue weighted by Gasteiger charge is 2.68. The molecule has 2 nitrogen and oxygen atoms in total. The largest absolute Gasteiger partial charge is 0.462 e. The topological polar surface area (TPSA) is 26.3 Å². The molecule has 0 N–H and O–H groups in total. The van der Waals surface area contributed by atoms with Crippen molar-refractivity contribution in [3.05, 3.63) is 11.6 Å². The molecule has 9 atom stereocenters. The van der Waals surface area contributed by atoms with Crippen LogP contribution in [0.4, 0.5) is 0 Å². The molecule has 0 spiro atoms.